The summed E-state index contributed by atoms with van der Waals surface area (Å²) < 4.78 is 0. The second-order valence-corrected chi connectivity index (χ2v) is 8.88. The zero-order valence-corrected chi connectivity index (χ0v) is 20.5. The largest absolute Gasteiger partial charge is 0.355 e. The molecule has 172 valence electrons. The van der Waals surface area contributed by atoms with Crippen molar-refractivity contribution in [1.82, 2.24) is 10.2 Å². The molecule has 4 nitrogen and oxygen atoms in total. The number of benzene rings is 3. The molecule has 0 aromatic heterocycles. The summed E-state index contributed by atoms with van der Waals surface area (Å²) in [5, 5.41) is 4.26. The molecule has 0 spiro atoms. The Kier molecular flexibility index (Phi) is 9.19. The van der Waals surface area contributed by atoms with Crippen LogP contribution in [0, 0.1) is 0 Å². The molecule has 3 aromatic carbocycles. The van der Waals surface area contributed by atoms with Gasteiger partial charge in [-0.15, -0.1) is 0 Å². The van der Waals surface area contributed by atoms with Crippen LogP contribution in [0.1, 0.15) is 23.6 Å². The van der Waals surface area contributed by atoms with Gasteiger partial charge in [0.15, 0.2) is 0 Å². The van der Waals surface area contributed by atoms with Gasteiger partial charge < -0.3 is 10.2 Å². The number of nitrogens with zero attached hydrogens (tertiary/aromatic N) is 1. The minimum absolute atomic E-state index is 0.0240. The Bertz CT molecular complexity index is 1090. The van der Waals surface area contributed by atoms with Crippen LogP contribution in [-0.2, 0) is 29.0 Å². The molecule has 0 unspecified atom stereocenters. The molecule has 3 rings (SSSR count). The van der Waals surface area contributed by atoms with Crippen LogP contribution < -0.4 is 5.32 Å². The van der Waals surface area contributed by atoms with E-state index in [1.807, 2.05) is 49.4 Å². The number of rotatable bonds is 9. The minimum Gasteiger partial charge on any atom is -0.355 e. The van der Waals surface area contributed by atoms with E-state index in [9.17, 15) is 9.59 Å². The maximum atomic E-state index is 13.6. The van der Waals surface area contributed by atoms with Crippen LogP contribution in [0.2, 0.25) is 15.1 Å². The number of nitrogens with one attached hydrogen (secondary N) is 1. The van der Waals surface area contributed by atoms with E-state index in [1.165, 1.54) is 0 Å². The molecule has 0 aliphatic heterocycles. The lowest BCUT2D eigenvalue weighted by Crippen LogP contribution is -2.51. The van der Waals surface area contributed by atoms with Crippen molar-refractivity contribution in [2.24, 2.45) is 0 Å². The third kappa shape index (κ3) is 6.97. The number of hydrogen-bond donors (Lipinski definition) is 1. The fraction of sp³-hybridized carbons (Fsp3) is 0.231. The second kappa shape index (κ2) is 12.1. The molecule has 0 saturated carbocycles. The number of halogens is 3. The standard InChI is InChI=1S/C26H25Cl3N2O2/c1-2-30-26(33)24(15-18-8-4-3-5-9-18)31(17-19-10-6-11-20(27)14-19)25(32)16-21-22(28)12-7-13-23(21)29/h3-14,24H,2,15-17H2,1H3,(H,30,33)/t24-/m0/s1. The maximum absolute atomic E-state index is 13.6. The van der Waals surface area contributed by atoms with Crippen molar-refractivity contribution in [3.63, 3.8) is 0 Å². The van der Waals surface area contributed by atoms with Crippen molar-refractivity contribution in [2.45, 2.75) is 32.4 Å². The zero-order valence-electron chi connectivity index (χ0n) is 18.2. The van der Waals surface area contributed by atoms with Gasteiger partial charge >= 0.3 is 0 Å². The van der Waals surface area contributed by atoms with Crippen molar-refractivity contribution in [1.29, 1.82) is 0 Å². The van der Waals surface area contributed by atoms with E-state index in [4.69, 9.17) is 34.8 Å². The summed E-state index contributed by atoms with van der Waals surface area (Å²) in [7, 11) is 0. The fourth-order valence-corrected chi connectivity index (χ4v) is 4.38. The van der Waals surface area contributed by atoms with Gasteiger partial charge in [-0.3, -0.25) is 9.59 Å². The fourth-order valence-electron chi connectivity index (χ4n) is 3.63. The number of likely N-dealkylation sites (N-methyl/N-ethyl adjacent to an activating group) is 1. The molecule has 1 N–H and O–H groups in total. The van der Waals surface area contributed by atoms with E-state index in [2.05, 4.69) is 5.32 Å². The zero-order chi connectivity index (χ0) is 23.8. The molecule has 0 aliphatic rings. The summed E-state index contributed by atoms with van der Waals surface area (Å²) in [5.74, 6) is -0.473. The highest BCUT2D eigenvalue weighted by Crippen LogP contribution is 2.26. The average molecular weight is 504 g/mol. The third-order valence-electron chi connectivity index (χ3n) is 5.25. The molecule has 0 heterocycles. The van der Waals surface area contributed by atoms with Crippen molar-refractivity contribution >= 4 is 46.6 Å². The predicted molar refractivity (Wildman–Crippen MR) is 135 cm³/mol. The molecule has 0 radical (unpaired) electrons. The molecule has 0 fully saturated rings. The van der Waals surface area contributed by atoms with Gasteiger partial charge in [0.25, 0.3) is 0 Å². The Balaban J connectivity index is 1.99. The first kappa shape index (κ1) is 25.1. The van der Waals surface area contributed by atoms with Crippen molar-refractivity contribution in [3.8, 4) is 0 Å². The number of carbonyl (C=O) groups is 2. The Labute approximate surface area is 209 Å². The van der Waals surface area contributed by atoms with Crippen molar-refractivity contribution in [3.05, 3.63) is 105 Å². The van der Waals surface area contributed by atoms with E-state index in [0.717, 1.165) is 11.1 Å². The SMILES string of the molecule is CCNC(=O)[C@H](Cc1ccccc1)N(Cc1cccc(Cl)c1)C(=O)Cc1c(Cl)cccc1Cl. The summed E-state index contributed by atoms with van der Waals surface area (Å²) in [4.78, 5) is 28.4. The van der Waals surface area contributed by atoms with E-state index in [0.29, 0.717) is 33.6 Å². The molecule has 0 bridgehead atoms. The summed E-state index contributed by atoms with van der Waals surface area (Å²) in [5.41, 5.74) is 2.31. The van der Waals surface area contributed by atoms with Gasteiger partial charge in [-0.1, -0.05) is 83.3 Å². The average Bonchev–Trinajstić information content (AvgIpc) is 2.79. The number of hydrogen-bond acceptors (Lipinski definition) is 2. The van der Waals surface area contributed by atoms with Crippen LogP contribution in [0.5, 0.6) is 0 Å². The van der Waals surface area contributed by atoms with Gasteiger partial charge in [-0.25, -0.2) is 0 Å². The predicted octanol–water partition coefficient (Wildman–Crippen LogP) is 5.97. The Hall–Kier alpha value is -2.53. The Morgan fingerprint density at radius 2 is 1.52 bits per heavy atom. The van der Waals surface area contributed by atoms with Gasteiger partial charge in [-0.05, 0) is 47.9 Å². The summed E-state index contributed by atoms with van der Waals surface area (Å²) in [6.07, 6.45) is 0.346. The minimum atomic E-state index is -0.722. The molecule has 0 aliphatic carbocycles. The smallest absolute Gasteiger partial charge is 0.243 e. The molecule has 3 aromatic rings. The highest BCUT2D eigenvalue weighted by atomic mass is 35.5. The van der Waals surface area contributed by atoms with Gasteiger partial charge in [0.1, 0.15) is 6.04 Å². The van der Waals surface area contributed by atoms with Crippen LogP contribution in [0.4, 0.5) is 0 Å². The van der Waals surface area contributed by atoms with E-state index in [-0.39, 0.29) is 24.8 Å². The van der Waals surface area contributed by atoms with Crippen LogP contribution in [-0.4, -0.2) is 29.3 Å². The lowest BCUT2D eigenvalue weighted by atomic mass is 10.0. The van der Waals surface area contributed by atoms with E-state index >= 15 is 0 Å². The second-order valence-electron chi connectivity index (χ2n) is 7.63. The van der Waals surface area contributed by atoms with Gasteiger partial charge in [0.2, 0.25) is 11.8 Å². The highest BCUT2D eigenvalue weighted by molar-refractivity contribution is 6.36. The normalized spacial score (nSPS) is 11.6. The van der Waals surface area contributed by atoms with Gasteiger partial charge in [-0.2, -0.15) is 0 Å². The highest BCUT2D eigenvalue weighted by Gasteiger charge is 2.30. The first-order valence-electron chi connectivity index (χ1n) is 10.7. The quantitative estimate of drug-likeness (QED) is 0.391. The first-order chi connectivity index (χ1) is 15.9. The van der Waals surface area contributed by atoms with Gasteiger partial charge in [0, 0.05) is 34.6 Å². The maximum Gasteiger partial charge on any atom is 0.243 e. The van der Waals surface area contributed by atoms with E-state index < -0.39 is 6.04 Å². The number of amides is 2. The topological polar surface area (TPSA) is 49.4 Å². The van der Waals surface area contributed by atoms with Crippen molar-refractivity contribution < 1.29 is 9.59 Å². The third-order valence-corrected chi connectivity index (χ3v) is 6.20. The lowest BCUT2D eigenvalue weighted by molar-refractivity contribution is -0.140. The van der Waals surface area contributed by atoms with E-state index in [1.54, 1.807) is 35.2 Å². The monoisotopic (exact) mass is 502 g/mol. The van der Waals surface area contributed by atoms with Gasteiger partial charge in [0.05, 0.1) is 6.42 Å². The number of carbonyl (C=O) groups excluding carboxylic acids is 2. The Morgan fingerprint density at radius 1 is 0.879 bits per heavy atom. The van der Waals surface area contributed by atoms with Crippen LogP contribution in [0.15, 0.2) is 72.8 Å². The molecule has 1 atom stereocenters. The Morgan fingerprint density at radius 3 is 2.15 bits per heavy atom. The molecule has 2 amide bonds. The molecule has 0 saturated heterocycles. The van der Waals surface area contributed by atoms with Crippen molar-refractivity contribution in [2.75, 3.05) is 6.54 Å². The van der Waals surface area contributed by atoms with Crippen LogP contribution >= 0.6 is 34.8 Å². The first-order valence-corrected chi connectivity index (χ1v) is 11.8. The summed E-state index contributed by atoms with van der Waals surface area (Å²) >= 11 is 18.8. The van der Waals surface area contributed by atoms with Crippen LogP contribution in [0.25, 0.3) is 0 Å². The summed E-state index contributed by atoms with van der Waals surface area (Å²) in [6.45, 7) is 2.53. The molecular formula is C26H25Cl3N2O2. The van der Waals surface area contributed by atoms with Crippen LogP contribution in [0.3, 0.4) is 0 Å². The lowest BCUT2D eigenvalue weighted by Gasteiger charge is -2.32. The molecule has 7 heteroatoms. The summed E-state index contributed by atoms with van der Waals surface area (Å²) in [6, 6.07) is 21.3. The molecular weight excluding hydrogens is 479 g/mol. The molecule has 33 heavy (non-hydrogen) atoms.